The first-order valence-corrected chi connectivity index (χ1v) is 4.25. The van der Waals surface area contributed by atoms with E-state index in [1.54, 1.807) is 0 Å². The SMILES string of the molecule is CCn1nc(Cl)cc(Br)c1=O. The van der Waals surface area contributed by atoms with Crippen molar-refractivity contribution in [2.75, 3.05) is 0 Å². The van der Waals surface area contributed by atoms with Crippen LogP contribution in [0.4, 0.5) is 0 Å². The van der Waals surface area contributed by atoms with E-state index in [0.29, 0.717) is 16.2 Å². The first-order chi connectivity index (χ1) is 5.15. The third kappa shape index (κ3) is 1.81. The minimum atomic E-state index is -0.156. The third-order valence-electron chi connectivity index (χ3n) is 1.20. The van der Waals surface area contributed by atoms with Crippen molar-refractivity contribution in [3.8, 4) is 0 Å². The fourth-order valence-electron chi connectivity index (χ4n) is 0.694. The summed E-state index contributed by atoms with van der Waals surface area (Å²) in [4.78, 5) is 11.1. The van der Waals surface area contributed by atoms with E-state index < -0.39 is 0 Å². The van der Waals surface area contributed by atoms with Gasteiger partial charge in [-0.3, -0.25) is 4.79 Å². The summed E-state index contributed by atoms with van der Waals surface area (Å²) in [6, 6.07) is 1.48. The lowest BCUT2D eigenvalue weighted by Crippen LogP contribution is -2.22. The first kappa shape index (κ1) is 8.74. The molecule has 0 bridgehead atoms. The normalized spacial score (nSPS) is 10.1. The van der Waals surface area contributed by atoms with Crippen LogP contribution >= 0.6 is 27.5 Å². The van der Waals surface area contributed by atoms with Gasteiger partial charge in [-0.25, -0.2) is 4.68 Å². The Morgan fingerprint density at radius 3 is 3.00 bits per heavy atom. The van der Waals surface area contributed by atoms with E-state index in [1.807, 2.05) is 6.92 Å². The molecule has 0 radical (unpaired) electrons. The number of rotatable bonds is 1. The maximum Gasteiger partial charge on any atom is 0.281 e. The average Bonchev–Trinajstić information content (AvgIpc) is 1.96. The second kappa shape index (κ2) is 3.36. The summed E-state index contributed by atoms with van der Waals surface area (Å²) in [7, 11) is 0. The van der Waals surface area contributed by atoms with Crippen LogP contribution in [0.1, 0.15) is 6.92 Å². The zero-order chi connectivity index (χ0) is 8.43. The Hall–Kier alpha value is -0.350. The number of hydrogen-bond donors (Lipinski definition) is 0. The molecule has 1 aromatic rings. The number of halogens is 2. The molecular formula is C6H6BrClN2O. The Labute approximate surface area is 77.1 Å². The predicted molar refractivity (Wildman–Crippen MR) is 46.9 cm³/mol. The standard InChI is InChI=1S/C6H6BrClN2O/c1-2-10-6(11)4(7)3-5(8)9-10/h3H,2H2,1H3. The number of aromatic nitrogens is 2. The van der Waals surface area contributed by atoms with Gasteiger partial charge in [-0.1, -0.05) is 11.6 Å². The molecule has 11 heavy (non-hydrogen) atoms. The molecule has 0 saturated heterocycles. The van der Waals surface area contributed by atoms with E-state index in [2.05, 4.69) is 21.0 Å². The zero-order valence-corrected chi connectivity index (χ0v) is 8.18. The van der Waals surface area contributed by atoms with E-state index in [0.717, 1.165) is 0 Å². The van der Waals surface area contributed by atoms with Crippen LogP contribution in [0.15, 0.2) is 15.3 Å². The molecular weight excluding hydrogens is 231 g/mol. The van der Waals surface area contributed by atoms with Gasteiger partial charge >= 0.3 is 0 Å². The quantitative estimate of drug-likeness (QED) is 0.745. The second-order valence-corrected chi connectivity index (χ2v) is 3.18. The maximum absolute atomic E-state index is 11.1. The summed E-state index contributed by atoms with van der Waals surface area (Å²) < 4.78 is 1.74. The van der Waals surface area contributed by atoms with Crippen molar-refractivity contribution in [3.63, 3.8) is 0 Å². The van der Waals surface area contributed by atoms with E-state index >= 15 is 0 Å². The topological polar surface area (TPSA) is 34.9 Å². The fourth-order valence-corrected chi connectivity index (χ4v) is 1.45. The van der Waals surface area contributed by atoms with Crippen molar-refractivity contribution in [1.29, 1.82) is 0 Å². The molecule has 0 aliphatic carbocycles. The molecule has 0 fully saturated rings. The lowest BCUT2D eigenvalue weighted by atomic mass is 10.5. The molecule has 0 aliphatic rings. The summed E-state index contributed by atoms with van der Waals surface area (Å²) in [5.74, 6) is 0. The van der Waals surface area contributed by atoms with Crippen LogP contribution in [0.3, 0.4) is 0 Å². The van der Waals surface area contributed by atoms with Crippen LogP contribution in [0.5, 0.6) is 0 Å². The molecule has 0 aliphatic heterocycles. The van der Waals surface area contributed by atoms with E-state index in [-0.39, 0.29) is 5.56 Å². The first-order valence-electron chi connectivity index (χ1n) is 3.08. The Morgan fingerprint density at radius 1 is 1.82 bits per heavy atom. The van der Waals surface area contributed by atoms with Crippen LogP contribution in [0.25, 0.3) is 0 Å². The van der Waals surface area contributed by atoms with Gasteiger partial charge in [0.05, 0.1) is 4.47 Å². The largest absolute Gasteiger partial charge is 0.281 e. The van der Waals surface area contributed by atoms with Crippen molar-refractivity contribution in [2.45, 2.75) is 13.5 Å². The third-order valence-corrected chi connectivity index (χ3v) is 1.95. The second-order valence-electron chi connectivity index (χ2n) is 1.94. The summed E-state index contributed by atoms with van der Waals surface area (Å²) in [6.07, 6.45) is 0. The molecule has 1 heterocycles. The van der Waals surface area contributed by atoms with Gasteiger partial charge in [0, 0.05) is 6.54 Å². The van der Waals surface area contributed by atoms with Crippen LogP contribution < -0.4 is 5.56 Å². The van der Waals surface area contributed by atoms with Crippen molar-refractivity contribution in [3.05, 3.63) is 26.0 Å². The van der Waals surface area contributed by atoms with E-state index in [4.69, 9.17) is 11.6 Å². The molecule has 60 valence electrons. The average molecular weight is 237 g/mol. The maximum atomic E-state index is 11.1. The zero-order valence-electron chi connectivity index (χ0n) is 5.84. The molecule has 0 unspecified atom stereocenters. The highest BCUT2D eigenvalue weighted by atomic mass is 79.9. The number of hydrogen-bond acceptors (Lipinski definition) is 2. The Balaban J connectivity index is 3.37. The van der Waals surface area contributed by atoms with Crippen molar-refractivity contribution in [1.82, 2.24) is 9.78 Å². The summed E-state index contributed by atoms with van der Waals surface area (Å²) in [6.45, 7) is 2.36. The molecule has 0 amide bonds. The Kier molecular flexibility index (Phi) is 2.67. The fraction of sp³-hybridized carbons (Fsp3) is 0.333. The summed E-state index contributed by atoms with van der Waals surface area (Å²) >= 11 is 8.68. The Morgan fingerprint density at radius 2 is 2.45 bits per heavy atom. The van der Waals surface area contributed by atoms with Crippen molar-refractivity contribution in [2.24, 2.45) is 0 Å². The summed E-state index contributed by atoms with van der Waals surface area (Å²) in [5, 5.41) is 4.11. The van der Waals surface area contributed by atoms with Gasteiger partial charge in [0.2, 0.25) is 0 Å². The van der Waals surface area contributed by atoms with E-state index in [9.17, 15) is 4.79 Å². The number of nitrogens with zero attached hydrogens (tertiary/aromatic N) is 2. The van der Waals surface area contributed by atoms with Gasteiger partial charge in [-0.2, -0.15) is 5.10 Å². The monoisotopic (exact) mass is 236 g/mol. The van der Waals surface area contributed by atoms with Gasteiger partial charge in [-0.15, -0.1) is 0 Å². The summed E-state index contributed by atoms with van der Waals surface area (Å²) in [5.41, 5.74) is -0.156. The lowest BCUT2D eigenvalue weighted by Gasteiger charge is -2.00. The smallest absolute Gasteiger partial charge is 0.267 e. The highest BCUT2D eigenvalue weighted by Crippen LogP contribution is 2.08. The minimum absolute atomic E-state index is 0.156. The molecule has 0 saturated carbocycles. The number of aryl methyl sites for hydroxylation is 1. The molecule has 0 aromatic carbocycles. The van der Waals surface area contributed by atoms with Crippen LogP contribution in [0, 0.1) is 0 Å². The highest BCUT2D eigenvalue weighted by Gasteiger charge is 2.01. The molecule has 0 spiro atoms. The van der Waals surface area contributed by atoms with Gasteiger partial charge in [0.25, 0.3) is 5.56 Å². The molecule has 1 rings (SSSR count). The molecule has 3 nitrogen and oxygen atoms in total. The molecule has 5 heteroatoms. The lowest BCUT2D eigenvalue weighted by molar-refractivity contribution is 0.612. The van der Waals surface area contributed by atoms with Crippen molar-refractivity contribution >= 4 is 27.5 Å². The van der Waals surface area contributed by atoms with Crippen LogP contribution in [0.2, 0.25) is 5.15 Å². The van der Waals surface area contributed by atoms with Crippen LogP contribution in [-0.2, 0) is 6.54 Å². The molecule has 0 atom stereocenters. The Bertz CT molecular complexity index is 323. The molecule has 1 aromatic heterocycles. The highest BCUT2D eigenvalue weighted by molar-refractivity contribution is 9.10. The minimum Gasteiger partial charge on any atom is -0.267 e. The van der Waals surface area contributed by atoms with Crippen LogP contribution in [-0.4, -0.2) is 9.78 Å². The van der Waals surface area contributed by atoms with Crippen molar-refractivity contribution < 1.29 is 0 Å². The van der Waals surface area contributed by atoms with Gasteiger partial charge in [0.15, 0.2) is 5.15 Å². The van der Waals surface area contributed by atoms with Gasteiger partial charge < -0.3 is 0 Å². The van der Waals surface area contributed by atoms with E-state index in [1.165, 1.54) is 10.7 Å². The van der Waals surface area contributed by atoms with Gasteiger partial charge in [0.1, 0.15) is 0 Å². The predicted octanol–water partition coefficient (Wildman–Crippen LogP) is 1.68. The van der Waals surface area contributed by atoms with Gasteiger partial charge in [-0.05, 0) is 28.9 Å². The molecule has 0 N–H and O–H groups in total.